The van der Waals surface area contributed by atoms with Crippen LogP contribution < -0.4 is 16.0 Å². The zero-order valence-corrected chi connectivity index (χ0v) is 9.76. The molecule has 1 fully saturated rings. The van der Waals surface area contributed by atoms with Gasteiger partial charge in [0.1, 0.15) is 6.04 Å². The van der Waals surface area contributed by atoms with Crippen LogP contribution in [-0.4, -0.2) is 28.9 Å². The average molecular weight is 254 g/mol. The molecule has 0 aliphatic carbocycles. The van der Waals surface area contributed by atoms with Crippen LogP contribution in [0.5, 0.6) is 0 Å². The standard InChI is InChI=1S/C9H10N4O3S/c1-4-3-17-9(10-4)12-6(14)2-5-7(15)13-8(16)11-5/h3,5H,2H2,1H3,(H,10,12,14)(H2,11,13,15,16). The van der Waals surface area contributed by atoms with E-state index in [2.05, 4.69) is 20.9 Å². The molecule has 7 nitrogen and oxygen atoms in total. The summed E-state index contributed by atoms with van der Waals surface area (Å²) in [6.45, 7) is 1.82. The van der Waals surface area contributed by atoms with Crippen molar-refractivity contribution in [3.63, 3.8) is 0 Å². The highest BCUT2D eigenvalue weighted by atomic mass is 32.1. The van der Waals surface area contributed by atoms with Crippen molar-refractivity contribution in [1.29, 1.82) is 0 Å². The molecule has 1 aromatic heterocycles. The Morgan fingerprint density at radius 3 is 2.88 bits per heavy atom. The van der Waals surface area contributed by atoms with Crippen molar-refractivity contribution in [2.75, 3.05) is 5.32 Å². The second kappa shape index (κ2) is 4.50. The lowest BCUT2D eigenvalue weighted by molar-refractivity contribution is -0.124. The molecule has 2 heterocycles. The number of anilines is 1. The summed E-state index contributed by atoms with van der Waals surface area (Å²) in [5.41, 5.74) is 0.817. The lowest BCUT2D eigenvalue weighted by atomic mass is 10.2. The largest absolute Gasteiger partial charge is 0.325 e. The Bertz CT molecular complexity index is 484. The van der Waals surface area contributed by atoms with Crippen LogP contribution in [0.4, 0.5) is 9.93 Å². The van der Waals surface area contributed by atoms with Crippen LogP contribution in [-0.2, 0) is 9.59 Å². The van der Waals surface area contributed by atoms with Crippen LogP contribution in [0.3, 0.4) is 0 Å². The number of hydrogen-bond acceptors (Lipinski definition) is 5. The van der Waals surface area contributed by atoms with E-state index in [-0.39, 0.29) is 12.3 Å². The Morgan fingerprint density at radius 1 is 1.59 bits per heavy atom. The Balaban J connectivity index is 1.89. The summed E-state index contributed by atoms with van der Waals surface area (Å²) < 4.78 is 0. The van der Waals surface area contributed by atoms with Crippen LogP contribution in [0.2, 0.25) is 0 Å². The van der Waals surface area contributed by atoms with Crippen molar-refractivity contribution in [1.82, 2.24) is 15.6 Å². The SMILES string of the molecule is Cc1csc(NC(=O)CC2NC(=O)NC2=O)n1. The highest BCUT2D eigenvalue weighted by Gasteiger charge is 2.31. The minimum Gasteiger partial charge on any atom is -0.325 e. The molecule has 90 valence electrons. The highest BCUT2D eigenvalue weighted by molar-refractivity contribution is 7.13. The van der Waals surface area contributed by atoms with Crippen molar-refractivity contribution < 1.29 is 14.4 Å². The third-order valence-electron chi connectivity index (χ3n) is 2.11. The molecule has 0 saturated carbocycles. The number of amides is 4. The maximum absolute atomic E-state index is 11.6. The Labute approximate surface area is 101 Å². The summed E-state index contributed by atoms with van der Waals surface area (Å²) in [7, 11) is 0. The molecule has 1 saturated heterocycles. The van der Waals surface area contributed by atoms with Gasteiger partial charge in [0.05, 0.1) is 12.1 Å². The number of carbonyl (C=O) groups is 3. The predicted molar refractivity (Wildman–Crippen MR) is 60.6 cm³/mol. The van der Waals surface area contributed by atoms with Gasteiger partial charge in [0, 0.05) is 5.38 Å². The zero-order valence-electron chi connectivity index (χ0n) is 8.94. The normalized spacial score (nSPS) is 18.8. The quantitative estimate of drug-likeness (QED) is 0.660. The van der Waals surface area contributed by atoms with Gasteiger partial charge in [-0.2, -0.15) is 0 Å². The van der Waals surface area contributed by atoms with Gasteiger partial charge in [-0.15, -0.1) is 11.3 Å². The summed E-state index contributed by atoms with van der Waals surface area (Å²) >= 11 is 1.31. The number of aromatic nitrogens is 1. The first-order valence-corrected chi connectivity index (χ1v) is 5.76. The van der Waals surface area contributed by atoms with Crippen molar-refractivity contribution in [2.24, 2.45) is 0 Å². The maximum atomic E-state index is 11.6. The van der Waals surface area contributed by atoms with Gasteiger partial charge < -0.3 is 10.6 Å². The summed E-state index contributed by atoms with van der Waals surface area (Å²) in [5.74, 6) is -0.845. The smallest absolute Gasteiger partial charge is 0.322 e. The first-order valence-electron chi connectivity index (χ1n) is 4.88. The lowest BCUT2D eigenvalue weighted by Gasteiger charge is -2.05. The fraction of sp³-hybridized carbons (Fsp3) is 0.333. The van der Waals surface area contributed by atoms with Gasteiger partial charge in [-0.05, 0) is 6.92 Å². The van der Waals surface area contributed by atoms with Crippen LogP contribution in [0.15, 0.2) is 5.38 Å². The monoisotopic (exact) mass is 254 g/mol. The molecule has 0 bridgehead atoms. The molecular formula is C9H10N4O3S. The molecule has 1 unspecified atom stereocenters. The Kier molecular flexibility index (Phi) is 3.05. The summed E-state index contributed by atoms with van der Waals surface area (Å²) in [6, 6.07) is -1.37. The predicted octanol–water partition coefficient (Wildman–Crippen LogP) is -0.0119. The van der Waals surface area contributed by atoms with Crippen LogP contribution in [0.1, 0.15) is 12.1 Å². The highest BCUT2D eigenvalue weighted by Crippen LogP contribution is 2.14. The maximum Gasteiger partial charge on any atom is 0.322 e. The van der Waals surface area contributed by atoms with E-state index in [0.717, 1.165) is 5.69 Å². The van der Waals surface area contributed by atoms with E-state index in [1.807, 2.05) is 6.92 Å². The summed E-state index contributed by atoms with van der Waals surface area (Å²) in [5, 5.41) is 9.26. The van der Waals surface area contributed by atoms with Gasteiger partial charge in [0.25, 0.3) is 5.91 Å². The molecule has 4 amide bonds. The number of imide groups is 1. The van der Waals surface area contributed by atoms with Gasteiger partial charge in [-0.1, -0.05) is 0 Å². The number of aryl methyl sites for hydroxylation is 1. The lowest BCUT2D eigenvalue weighted by Crippen LogP contribution is -2.33. The van der Waals surface area contributed by atoms with E-state index >= 15 is 0 Å². The number of urea groups is 1. The van der Waals surface area contributed by atoms with Gasteiger partial charge in [0.15, 0.2) is 5.13 Å². The molecule has 1 aliphatic rings. The van der Waals surface area contributed by atoms with Gasteiger partial charge >= 0.3 is 6.03 Å². The number of hydrogen-bond donors (Lipinski definition) is 3. The Hall–Kier alpha value is -1.96. The van der Waals surface area contributed by atoms with Crippen LogP contribution >= 0.6 is 11.3 Å². The fourth-order valence-electron chi connectivity index (χ4n) is 1.37. The second-order valence-electron chi connectivity index (χ2n) is 3.56. The van der Waals surface area contributed by atoms with Gasteiger partial charge in [0.2, 0.25) is 5.91 Å². The molecule has 1 atom stereocenters. The average Bonchev–Trinajstić information content (AvgIpc) is 2.74. The molecule has 2 rings (SSSR count). The Morgan fingerprint density at radius 2 is 2.35 bits per heavy atom. The van der Waals surface area contributed by atoms with Crippen molar-refractivity contribution in [2.45, 2.75) is 19.4 Å². The van der Waals surface area contributed by atoms with E-state index in [4.69, 9.17) is 0 Å². The number of carbonyl (C=O) groups excluding carboxylic acids is 3. The summed E-state index contributed by atoms with van der Waals surface area (Å²) in [4.78, 5) is 37.6. The van der Waals surface area contributed by atoms with E-state index in [1.54, 1.807) is 5.38 Å². The third kappa shape index (κ3) is 2.78. The van der Waals surface area contributed by atoms with Crippen molar-refractivity contribution in [3.05, 3.63) is 11.1 Å². The van der Waals surface area contributed by atoms with E-state index in [9.17, 15) is 14.4 Å². The summed E-state index contributed by atoms with van der Waals surface area (Å²) in [6.07, 6.45) is -0.101. The second-order valence-corrected chi connectivity index (χ2v) is 4.42. The van der Waals surface area contributed by atoms with E-state index < -0.39 is 18.0 Å². The first-order chi connectivity index (χ1) is 8.04. The minimum absolute atomic E-state index is 0.101. The molecule has 0 spiro atoms. The van der Waals surface area contributed by atoms with Crippen molar-refractivity contribution in [3.8, 4) is 0 Å². The van der Waals surface area contributed by atoms with Crippen LogP contribution in [0, 0.1) is 6.92 Å². The molecule has 3 N–H and O–H groups in total. The number of nitrogens with zero attached hydrogens (tertiary/aromatic N) is 1. The van der Waals surface area contributed by atoms with Crippen molar-refractivity contribution >= 4 is 34.3 Å². The number of rotatable bonds is 3. The first kappa shape index (κ1) is 11.5. The molecule has 0 aromatic carbocycles. The van der Waals surface area contributed by atoms with E-state index in [0.29, 0.717) is 5.13 Å². The topological polar surface area (TPSA) is 100 Å². The minimum atomic E-state index is -0.802. The van der Waals surface area contributed by atoms with Gasteiger partial charge in [-0.3, -0.25) is 14.9 Å². The third-order valence-corrected chi connectivity index (χ3v) is 2.99. The molecule has 1 aliphatic heterocycles. The van der Waals surface area contributed by atoms with Crippen LogP contribution in [0.25, 0.3) is 0 Å². The molecule has 0 radical (unpaired) electrons. The van der Waals surface area contributed by atoms with Gasteiger partial charge in [-0.25, -0.2) is 9.78 Å². The fourth-order valence-corrected chi connectivity index (χ4v) is 2.07. The molecule has 17 heavy (non-hydrogen) atoms. The molecule has 8 heteroatoms. The molecular weight excluding hydrogens is 244 g/mol. The number of nitrogens with one attached hydrogen (secondary N) is 3. The number of thiazole rings is 1. The zero-order chi connectivity index (χ0) is 12.4. The van der Waals surface area contributed by atoms with E-state index in [1.165, 1.54) is 11.3 Å². The molecule has 1 aromatic rings.